The zero-order chi connectivity index (χ0) is 15.4. The zero-order valence-electron chi connectivity index (χ0n) is 12.2. The van der Waals surface area contributed by atoms with E-state index in [0.29, 0.717) is 11.8 Å². The van der Waals surface area contributed by atoms with Crippen LogP contribution in [0.15, 0.2) is 33.2 Å². The highest BCUT2D eigenvalue weighted by Gasteiger charge is 2.18. The number of nitrogens with zero attached hydrogens (tertiary/aromatic N) is 2. The smallest absolute Gasteiger partial charge is 0.0766 e. The van der Waals surface area contributed by atoms with Gasteiger partial charge in [0.2, 0.25) is 0 Å². The van der Waals surface area contributed by atoms with Crippen molar-refractivity contribution in [1.82, 2.24) is 9.78 Å². The summed E-state index contributed by atoms with van der Waals surface area (Å²) in [5, 5.41) is 4.56. The number of rotatable bonds is 6. The van der Waals surface area contributed by atoms with Crippen molar-refractivity contribution < 1.29 is 0 Å². The summed E-state index contributed by atoms with van der Waals surface area (Å²) in [7, 11) is 2.00. The highest BCUT2D eigenvalue weighted by molar-refractivity contribution is 9.10. The standard InChI is InChI=1S/C16H19Br2ClN2/c1-3-14-16(18)15(21(2)20-14)9-11(10-19)8-12-6-4-5-7-13(12)17/h4-7,11H,3,8-10H2,1-2H3. The minimum Gasteiger partial charge on any atom is -0.271 e. The average molecular weight is 435 g/mol. The van der Waals surface area contributed by atoms with Gasteiger partial charge in [-0.15, -0.1) is 11.6 Å². The molecule has 1 aromatic heterocycles. The van der Waals surface area contributed by atoms with E-state index in [0.717, 1.165) is 33.9 Å². The van der Waals surface area contributed by atoms with E-state index in [1.165, 1.54) is 11.3 Å². The van der Waals surface area contributed by atoms with E-state index >= 15 is 0 Å². The molecule has 0 saturated carbocycles. The maximum absolute atomic E-state index is 6.20. The number of aryl methyl sites for hydroxylation is 2. The number of aromatic nitrogens is 2. The monoisotopic (exact) mass is 432 g/mol. The maximum Gasteiger partial charge on any atom is 0.0766 e. The first kappa shape index (κ1) is 17.0. The van der Waals surface area contributed by atoms with Crippen molar-refractivity contribution >= 4 is 43.5 Å². The van der Waals surface area contributed by atoms with Crippen LogP contribution in [0.1, 0.15) is 23.9 Å². The van der Waals surface area contributed by atoms with E-state index < -0.39 is 0 Å². The Morgan fingerprint density at radius 1 is 1.24 bits per heavy atom. The topological polar surface area (TPSA) is 17.8 Å². The zero-order valence-corrected chi connectivity index (χ0v) is 16.2. The lowest BCUT2D eigenvalue weighted by molar-refractivity contribution is 0.549. The average Bonchev–Trinajstić information content (AvgIpc) is 2.75. The number of halogens is 3. The van der Waals surface area contributed by atoms with Crippen LogP contribution in [0.25, 0.3) is 0 Å². The van der Waals surface area contributed by atoms with Crippen molar-refractivity contribution in [3.05, 3.63) is 50.2 Å². The lowest BCUT2D eigenvalue weighted by atomic mass is 9.96. The Labute approximate surface area is 148 Å². The summed E-state index contributed by atoms with van der Waals surface area (Å²) >= 11 is 13.5. The van der Waals surface area contributed by atoms with Gasteiger partial charge < -0.3 is 0 Å². The maximum atomic E-state index is 6.20. The van der Waals surface area contributed by atoms with Gasteiger partial charge >= 0.3 is 0 Å². The number of benzene rings is 1. The second-order valence-corrected chi connectivity index (χ2v) is 7.16. The predicted octanol–water partition coefficient (Wildman–Crippen LogP) is 5.15. The molecule has 1 unspecified atom stereocenters. The van der Waals surface area contributed by atoms with Crippen molar-refractivity contribution in [1.29, 1.82) is 0 Å². The van der Waals surface area contributed by atoms with E-state index in [-0.39, 0.29) is 0 Å². The van der Waals surface area contributed by atoms with E-state index in [2.05, 4.69) is 62.1 Å². The fraction of sp³-hybridized carbons (Fsp3) is 0.438. The quantitative estimate of drug-likeness (QED) is 0.575. The minimum atomic E-state index is 0.391. The highest BCUT2D eigenvalue weighted by atomic mass is 79.9. The molecule has 0 fully saturated rings. The molecule has 0 aliphatic rings. The van der Waals surface area contributed by atoms with E-state index in [1.807, 2.05) is 17.8 Å². The van der Waals surface area contributed by atoms with Crippen molar-refractivity contribution in [3.8, 4) is 0 Å². The van der Waals surface area contributed by atoms with Gasteiger partial charge in [0.15, 0.2) is 0 Å². The Hall–Kier alpha value is -0.320. The minimum absolute atomic E-state index is 0.391. The molecule has 114 valence electrons. The van der Waals surface area contributed by atoms with Gasteiger partial charge in [0.05, 0.1) is 15.9 Å². The van der Waals surface area contributed by atoms with Gasteiger partial charge in [0.1, 0.15) is 0 Å². The van der Waals surface area contributed by atoms with Crippen molar-refractivity contribution in [2.45, 2.75) is 26.2 Å². The number of alkyl halides is 1. The number of hydrogen-bond acceptors (Lipinski definition) is 1. The molecule has 2 rings (SSSR count). The third kappa shape index (κ3) is 4.11. The molecular formula is C16H19Br2ClN2. The van der Waals surface area contributed by atoms with Gasteiger partial charge in [-0.05, 0) is 52.7 Å². The van der Waals surface area contributed by atoms with E-state index in [4.69, 9.17) is 11.6 Å². The van der Waals surface area contributed by atoms with Crippen LogP contribution in [0.4, 0.5) is 0 Å². The van der Waals surface area contributed by atoms with Crippen LogP contribution >= 0.6 is 43.5 Å². The summed E-state index contributed by atoms with van der Waals surface area (Å²) in [5.74, 6) is 1.03. The molecule has 1 atom stereocenters. The summed E-state index contributed by atoms with van der Waals surface area (Å²) in [4.78, 5) is 0. The first-order valence-electron chi connectivity index (χ1n) is 7.06. The second kappa shape index (κ2) is 7.80. The van der Waals surface area contributed by atoms with E-state index in [1.54, 1.807) is 0 Å². The molecule has 0 aliphatic heterocycles. The van der Waals surface area contributed by atoms with Crippen LogP contribution in [0, 0.1) is 5.92 Å². The van der Waals surface area contributed by atoms with Crippen LogP contribution in [0.2, 0.25) is 0 Å². The largest absolute Gasteiger partial charge is 0.271 e. The van der Waals surface area contributed by atoms with Crippen LogP contribution in [0.3, 0.4) is 0 Å². The molecule has 0 radical (unpaired) electrons. The summed E-state index contributed by atoms with van der Waals surface area (Å²) in [6, 6.07) is 8.34. The highest BCUT2D eigenvalue weighted by Crippen LogP contribution is 2.27. The van der Waals surface area contributed by atoms with Gasteiger partial charge in [-0.3, -0.25) is 4.68 Å². The second-order valence-electron chi connectivity index (χ2n) is 5.20. The van der Waals surface area contributed by atoms with Gasteiger partial charge in [-0.25, -0.2) is 0 Å². The molecule has 0 aliphatic carbocycles. The summed E-state index contributed by atoms with van der Waals surface area (Å²) < 4.78 is 4.26. The molecular weight excluding hydrogens is 415 g/mol. The van der Waals surface area contributed by atoms with Gasteiger partial charge in [0, 0.05) is 17.4 Å². The Bertz CT molecular complexity index is 610. The summed E-state index contributed by atoms with van der Waals surface area (Å²) in [5.41, 5.74) is 3.64. The van der Waals surface area contributed by atoms with Crippen LogP contribution < -0.4 is 0 Å². The molecule has 21 heavy (non-hydrogen) atoms. The Morgan fingerprint density at radius 3 is 2.52 bits per heavy atom. The molecule has 0 amide bonds. The molecule has 2 aromatic rings. The van der Waals surface area contributed by atoms with Crippen molar-refractivity contribution in [2.75, 3.05) is 5.88 Å². The van der Waals surface area contributed by atoms with Gasteiger partial charge in [0.25, 0.3) is 0 Å². The molecule has 5 heteroatoms. The Kier molecular flexibility index (Phi) is 6.33. The molecule has 0 N–H and O–H groups in total. The molecule has 0 bridgehead atoms. The van der Waals surface area contributed by atoms with Gasteiger partial charge in [-0.2, -0.15) is 5.10 Å². The SMILES string of the molecule is CCc1nn(C)c(CC(CCl)Cc2ccccc2Br)c1Br. The molecule has 0 saturated heterocycles. The first-order valence-corrected chi connectivity index (χ1v) is 9.18. The van der Waals surface area contributed by atoms with Crippen LogP contribution in [-0.2, 0) is 26.3 Å². The fourth-order valence-corrected chi connectivity index (χ4v) is 3.91. The number of hydrogen-bond donors (Lipinski definition) is 0. The Balaban J connectivity index is 2.16. The van der Waals surface area contributed by atoms with Gasteiger partial charge in [-0.1, -0.05) is 41.1 Å². The van der Waals surface area contributed by atoms with Crippen molar-refractivity contribution in [2.24, 2.45) is 13.0 Å². The lowest BCUT2D eigenvalue weighted by Gasteiger charge is -2.15. The van der Waals surface area contributed by atoms with Crippen LogP contribution in [0.5, 0.6) is 0 Å². The van der Waals surface area contributed by atoms with Crippen molar-refractivity contribution in [3.63, 3.8) is 0 Å². The summed E-state index contributed by atoms with van der Waals surface area (Å²) in [6.07, 6.45) is 2.82. The lowest BCUT2D eigenvalue weighted by Crippen LogP contribution is -2.13. The molecule has 2 nitrogen and oxygen atoms in total. The Morgan fingerprint density at radius 2 is 1.95 bits per heavy atom. The normalized spacial score (nSPS) is 12.6. The molecule has 1 aromatic carbocycles. The fourth-order valence-electron chi connectivity index (χ4n) is 2.47. The first-order chi connectivity index (χ1) is 10.1. The third-order valence-corrected chi connectivity index (χ3v) is 5.80. The molecule has 1 heterocycles. The predicted molar refractivity (Wildman–Crippen MR) is 96.0 cm³/mol. The third-order valence-electron chi connectivity index (χ3n) is 3.67. The summed E-state index contributed by atoms with van der Waals surface area (Å²) in [6.45, 7) is 2.12. The van der Waals surface area contributed by atoms with Crippen LogP contribution in [-0.4, -0.2) is 15.7 Å². The molecule has 0 spiro atoms. The van der Waals surface area contributed by atoms with E-state index in [9.17, 15) is 0 Å².